The van der Waals surface area contributed by atoms with Crippen molar-refractivity contribution in [3.05, 3.63) is 46.0 Å². The van der Waals surface area contributed by atoms with Gasteiger partial charge in [-0.1, -0.05) is 35.8 Å². The summed E-state index contributed by atoms with van der Waals surface area (Å²) in [6.45, 7) is 9.31. The van der Waals surface area contributed by atoms with Crippen LogP contribution >= 0.6 is 15.9 Å². The maximum Gasteiger partial charge on any atom is 0.0997 e. The Bertz CT molecular complexity index is 573. The van der Waals surface area contributed by atoms with Crippen LogP contribution in [-0.4, -0.2) is 15.6 Å². The third-order valence-electron chi connectivity index (χ3n) is 3.26. The van der Waals surface area contributed by atoms with E-state index in [2.05, 4.69) is 69.8 Å². The monoisotopic (exact) mass is 321 g/mol. The van der Waals surface area contributed by atoms with Crippen LogP contribution in [0.15, 0.2) is 29.0 Å². The molecule has 0 unspecified atom stereocenters. The van der Waals surface area contributed by atoms with Crippen molar-refractivity contribution >= 4 is 15.9 Å². The molecule has 0 bridgehead atoms. The molecule has 0 spiro atoms. The average Bonchev–Trinajstić information content (AvgIpc) is 2.68. The van der Waals surface area contributed by atoms with E-state index in [9.17, 15) is 0 Å². The molecule has 0 aliphatic rings. The maximum atomic E-state index is 4.39. The van der Waals surface area contributed by atoms with E-state index < -0.39 is 0 Å². The van der Waals surface area contributed by atoms with Crippen LogP contribution in [0.2, 0.25) is 0 Å². The van der Waals surface area contributed by atoms with Crippen molar-refractivity contribution in [2.24, 2.45) is 0 Å². The molecule has 102 valence electrons. The lowest BCUT2D eigenvalue weighted by Gasteiger charge is -2.15. The smallest absolute Gasteiger partial charge is 0.0997 e. The van der Waals surface area contributed by atoms with E-state index in [4.69, 9.17) is 0 Å². The molecule has 1 aromatic heterocycles. The van der Waals surface area contributed by atoms with Crippen molar-refractivity contribution in [1.82, 2.24) is 14.9 Å². The number of hydrogen-bond donors (Lipinski definition) is 1. The van der Waals surface area contributed by atoms with Gasteiger partial charge >= 0.3 is 0 Å². The molecule has 4 heteroatoms. The van der Waals surface area contributed by atoms with E-state index in [-0.39, 0.29) is 0 Å². The highest BCUT2D eigenvalue weighted by Gasteiger charge is 2.10. The van der Waals surface area contributed by atoms with E-state index in [0.717, 1.165) is 16.7 Å². The summed E-state index contributed by atoms with van der Waals surface area (Å²) in [5.41, 5.74) is 4.71. The summed E-state index contributed by atoms with van der Waals surface area (Å²) in [5.74, 6) is 0. The normalized spacial score (nSPS) is 11.3. The molecule has 0 radical (unpaired) electrons. The van der Waals surface area contributed by atoms with Crippen LogP contribution in [0, 0.1) is 13.8 Å². The number of aromatic nitrogens is 2. The molecule has 19 heavy (non-hydrogen) atoms. The molecule has 0 atom stereocenters. The first-order chi connectivity index (χ1) is 8.99. The summed E-state index contributed by atoms with van der Waals surface area (Å²) < 4.78 is 3.24. The van der Waals surface area contributed by atoms with Gasteiger partial charge < -0.3 is 9.88 Å². The number of aryl methyl sites for hydroxylation is 1. The molecule has 1 aromatic carbocycles. The minimum Gasteiger partial charge on any atom is -0.310 e. The second-order valence-electron chi connectivity index (χ2n) is 5.09. The highest BCUT2D eigenvalue weighted by atomic mass is 79.9. The van der Waals surface area contributed by atoms with Crippen molar-refractivity contribution in [2.45, 2.75) is 40.3 Å². The van der Waals surface area contributed by atoms with Gasteiger partial charge in [0.1, 0.15) is 0 Å². The van der Waals surface area contributed by atoms with Gasteiger partial charge in [0, 0.05) is 22.8 Å². The van der Waals surface area contributed by atoms with Crippen LogP contribution in [0.1, 0.15) is 30.8 Å². The van der Waals surface area contributed by atoms with E-state index >= 15 is 0 Å². The van der Waals surface area contributed by atoms with Gasteiger partial charge in [0.15, 0.2) is 0 Å². The molecule has 0 fully saturated rings. The zero-order valence-corrected chi connectivity index (χ0v) is 13.5. The van der Waals surface area contributed by atoms with Crippen molar-refractivity contribution < 1.29 is 0 Å². The number of nitrogens with zero attached hydrogens (tertiary/aromatic N) is 2. The third kappa shape index (κ3) is 3.25. The molecule has 0 saturated heterocycles. The van der Waals surface area contributed by atoms with Gasteiger partial charge in [-0.25, -0.2) is 4.98 Å². The van der Waals surface area contributed by atoms with Crippen LogP contribution in [0.4, 0.5) is 0 Å². The molecular weight excluding hydrogens is 302 g/mol. The molecule has 0 aliphatic heterocycles. The van der Waals surface area contributed by atoms with E-state index in [0.29, 0.717) is 6.04 Å². The molecule has 0 saturated carbocycles. The summed E-state index contributed by atoms with van der Waals surface area (Å²) >= 11 is 3.55. The quantitative estimate of drug-likeness (QED) is 0.929. The van der Waals surface area contributed by atoms with Gasteiger partial charge in [-0.15, -0.1) is 0 Å². The molecule has 1 N–H and O–H groups in total. The number of halogens is 1. The van der Waals surface area contributed by atoms with E-state index in [1.807, 2.05) is 13.3 Å². The molecule has 2 aromatic rings. The largest absolute Gasteiger partial charge is 0.310 e. The SMILES string of the molecule is Cc1ncn(-c2cc(Br)ccc2CNC(C)C)c1C. The Morgan fingerprint density at radius 3 is 2.63 bits per heavy atom. The topological polar surface area (TPSA) is 29.9 Å². The van der Waals surface area contributed by atoms with E-state index in [1.54, 1.807) is 0 Å². The van der Waals surface area contributed by atoms with Crippen LogP contribution < -0.4 is 5.32 Å². The Labute approximate surface area is 123 Å². The Balaban J connectivity index is 2.42. The molecule has 0 aliphatic carbocycles. The fourth-order valence-electron chi connectivity index (χ4n) is 1.97. The fourth-order valence-corrected chi connectivity index (χ4v) is 2.32. The Kier molecular flexibility index (Phi) is 4.42. The lowest BCUT2D eigenvalue weighted by Crippen LogP contribution is -2.22. The highest BCUT2D eigenvalue weighted by molar-refractivity contribution is 9.10. The van der Waals surface area contributed by atoms with Crippen LogP contribution in [-0.2, 0) is 6.54 Å². The van der Waals surface area contributed by atoms with Crippen LogP contribution in [0.25, 0.3) is 5.69 Å². The summed E-state index contributed by atoms with van der Waals surface area (Å²) in [7, 11) is 0. The van der Waals surface area contributed by atoms with Gasteiger partial charge in [-0.3, -0.25) is 0 Å². The van der Waals surface area contributed by atoms with Gasteiger partial charge in [-0.05, 0) is 31.5 Å². The highest BCUT2D eigenvalue weighted by Crippen LogP contribution is 2.23. The first-order valence-electron chi connectivity index (χ1n) is 6.51. The number of imidazole rings is 1. The van der Waals surface area contributed by atoms with Crippen molar-refractivity contribution in [2.75, 3.05) is 0 Å². The average molecular weight is 322 g/mol. The van der Waals surface area contributed by atoms with E-state index in [1.165, 1.54) is 16.9 Å². The van der Waals surface area contributed by atoms with Crippen molar-refractivity contribution in [3.63, 3.8) is 0 Å². The van der Waals surface area contributed by atoms with Crippen LogP contribution in [0.5, 0.6) is 0 Å². The van der Waals surface area contributed by atoms with Crippen molar-refractivity contribution in [1.29, 1.82) is 0 Å². The maximum absolute atomic E-state index is 4.39. The first kappa shape index (κ1) is 14.3. The fraction of sp³-hybridized carbons (Fsp3) is 0.400. The summed E-state index contributed by atoms with van der Waals surface area (Å²) in [5, 5.41) is 3.47. The second-order valence-corrected chi connectivity index (χ2v) is 6.01. The molecule has 1 heterocycles. The van der Waals surface area contributed by atoms with Crippen LogP contribution in [0.3, 0.4) is 0 Å². The summed E-state index contributed by atoms with van der Waals surface area (Å²) in [4.78, 5) is 4.39. The summed E-state index contributed by atoms with van der Waals surface area (Å²) in [6.07, 6.45) is 1.89. The second kappa shape index (κ2) is 5.88. The lowest BCUT2D eigenvalue weighted by molar-refractivity contribution is 0.587. The predicted octanol–water partition coefficient (Wildman–Crippen LogP) is 3.75. The first-order valence-corrected chi connectivity index (χ1v) is 7.31. The minimum atomic E-state index is 0.474. The Hall–Kier alpha value is -1.13. The summed E-state index contributed by atoms with van der Waals surface area (Å²) in [6, 6.07) is 6.86. The lowest BCUT2D eigenvalue weighted by atomic mass is 10.1. The molecule has 0 amide bonds. The number of rotatable bonds is 4. The standard InChI is InChI=1S/C15H20BrN3/c1-10(2)17-8-13-5-6-14(16)7-15(13)19-9-18-11(3)12(19)4/h5-7,9-10,17H,8H2,1-4H3. The number of hydrogen-bond acceptors (Lipinski definition) is 2. The van der Waals surface area contributed by atoms with Gasteiger partial charge in [0.05, 0.1) is 17.7 Å². The third-order valence-corrected chi connectivity index (χ3v) is 3.75. The molecule has 3 nitrogen and oxygen atoms in total. The van der Waals surface area contributed by atoms with Gasteiger partial charge in [0.25, 0.3) is 0 Å². The molecule has 2 rings (SSSR count). The van der Waals surface area contributed by atoms with Gasteiger partial charge in [-0.2, -0.15) is 0 Å². The minimum absolute atomic E-state index is 0.474. The predicted molar refractivity (Wildman–Crippen MR) is 82.7 cm³/mol. The Morgan fingerprint density at radius 1 is 1.32 bits per heavy atom. The van der Waals surface area contributed by atoms with Crippen molar-refractivity contribution in [3.8, 4) is 5.69 Å². The number of benzene rings is 1. The number of nitrogens with one attached hydrogen (secondary N) is 1. The Morgan fingerprint density at radius 2 is 2.05 bits per heavy atom. The zero-order valence-electron chi connectivity index (χ0n) is 11.9. The zero-order chi connectivity index (χ0) is 14.0. The molecular formula is C15H20BrN3. The van der Waals surface area contributed by atoms with Gasteiger partial charge in [0.2, 0.25) is 0 Å².